The topological polar surface area (TPSA) is 111 Å². The lowest BCUT2D eigenvalue weighted by Crippen LogP contribution is -2.21. The van der Waals surface area contributed by atoms with E-state index in [1.54, 1.807) is 18.2 Å². The van der Waals surface area contributed by atoms with E-state index in [0.29, 0.717) is 5.02 Å². The number of nitrogens with one attached hydrogen (secondary N) is 2. The maximum absolute atomic E-state index is 12.6. The molecule has 0 aromatic heterocycles. The second kappa shape index (κ2) is 10.6. The highest BCUT2D eigenvalue weighted by molar-refractivity contribution is 7.92. The number of halogens is 2. The van der Waals surface area contributed by atoms with Crippen LogP contribution in [0.15, 0.2) is 71.6 Å². The number of hydrogen-bond acceptors (Lipinski definition) is 6. The van der Waals surface area contributed by atoms with Crippen molar-refractivity contribution >= 4 is 56.5 Å². The van der Waals surface area contributed by atoms with E-state index >= 15 is 0 Å². The number of carbonyl (C=O) groups is 2. The summed E-state index contributed by atoms with van der Waals surface area (Å²) in [6.07, 6.45) is 0. The normalized spacial score (nSPS) is 10.9. The second-order valence-electron chi connectivity index (χ2n) is 6.58. The van der Waals surface area contributed by atoms with Crippen molar-refractivity contribution < 1.29 is 27.5 Å². The van der Waals surface area contributed by atoms with Gasteiger partial charge in [0.2, 0.25) is 0 Å². The average Bonchev–Trinajstić information content (AvgIpc) is 2.80. The molecule has 3 rings (SSSR count). The fourth-order valence-electron chi connectivity index (χ4n) is 2.70. The van der Waals surface area contributed by atoms with Crippen molar-refractivity contribution in [2.75, 3.05) is 23.8 Å². The molecule has 0 radical (unpaired) electrons. The molecule has 11 heteroatoms. The van der Waals surface area contributed by atoms with E-state index in [2.05, 4.69) is 14.8 Å². The summed E-state index contributed by atoms with van der Waals surface area (Å²) in [7, 11) is -2.63. The first-order valence-corrected chi connectivity index (χ1v) is 11.6. The van der Waals surface area contributed by atoms with Crippen molar-refractivity contribution in [1.29, 1.82) is 0 Å². The van der Waals surface area contributed by atoms with Crippen molar-refractivity contribution in [3.05, 3.63) is 82.3 Å². The minimum atomic E-state index is -3.88. The molecule has 0 saturated carbocycles. The Bertz CT molecular complexity index is 1280. The minimum absolute atomic E-state index is 0.0163. The summed E-state index contributed by atoms with van der Waals surface area (Å²) in [4.78, 5) is 24.0. The highest BCUT2D eigenvalue weighted by Gasteiger charge is 2.16. The molecule has 0 spiro atoms. The molecule has 0 bridgehead atoms. The maximum atomic E-state index is 12.6. The molecule has 33 heavy (non-hydrogen) atoms. The van der Waals surface area contributed by atoms with Gasteiger partial charge in [-0.25, -0.2) is 13.2 Å². The van der Waals surface area contributed by atoms with Gasteiger partial charge in [0.15, 0.2) is 6.61 Å². The summed E-state index contributed by atoms with van der Waals surface area (Å²) >= 11 is 11.8. The molecular formula is C22H18Cl2N2O6S. The van der Waals surface area contributed by atoms with Gasteiger partial charge in [-0.15, -0.1) is 0 Å². The van der Waals surface area contributed by atoms with Gasteiger partial charge in [0.1, 0.15) is 5.75 Å². The largest absolute Gasteiger partial charge is 0.484 e. The number of para-hydroxylation sites is 1. The lowest BCUT2D eigenvalue weighted by atomic mass is 10.2. The highest BCUT2D eigenvalue weighted by Crippen LogP contribution is 2.27. The second-order valence-corrected chi connectivity index (χ2v) is 9.08. The van der Waals surface area contributed by atoms with Crippen LogP contribution >= 0.6 is 23.2 Å². The maximum Gasteiger partial charge on any atom is 0.339 e. The third kappa shape index (κ3) is 6.38. The zero-order valence-corrected chi connectivity index (χ0v) is 19.5. The van der Waals surface area contributed by atoms with E-state index < -0.39 is 21.9 Å². The Labute approximate surface area is 200 Å². The Morgan fingerprint density at radius 1 is 0.939 bits per heavy atom. The van der Waals surface area contributed by atoms with Crippen molar-refractivity contribution in [3.63, 3.8) is 0 Å². The van der Waals surface area contributed by atoms with E-state index in [1.165, 1.54) is 55.6 Å². The van der Waals surface area contributed by atoms with Gasteiger partial charge in [0.25, 0.3) is 15.9 Å². The Morgan fingerprint density at radius 3 is 2.30 bits per heavy atom. The van der Waals surface area contributed by atoms with E-state index in [1.807, 2.05) is 0 Å². The zero-order valence-electron chi connectivity index (χ0n) is 17.2. The highest BCUT2D eigenvalue weighted by atomic mass is 35.5. The van der Waals surface area contributed by atoms with E-state index in [-0.39, 0.29) is 39.2 Å². The zero-order chi connectivity index (χ0) is 24.0. The van der Waals surface area contributed by atoms with Crippen molar-refractivity contribution in [1.82, 2.24) is 0 Å². The van der Waals surface area contributed by atoms with Gasteiger partial charge in [-0.3, -0.25) is 9.52 Å². The lowest BCUT2D eigenvalue weighted by molar-refractivity contribution is -0.118. The first-order valence-electron chi connectivity index (χ1n) is 9.37. The molecule has 0 atom stereocenters. The molecule has 0 aliphatic rings. The summed E-state index contributed by atoms with van der Waals surface area (Å²) in [5.41, 5.74) is 0.749. The number of hydrogen-bond donors (Lipinski definition) is 2. The van der Waals surface area contributed by atoms with E-state index in [0.717, 1.165) is 0 Å². The van der Waals surface area contributed by atoms with Crippen LogP contribution in [0.25, 0.3) is 0 Å². The molecule has 172 valence electrons. The average molecular weight is 509 g/mol. The van der Waals surface area contributed by atoms with Crippen LogP contribution in [0, 0.1) is 0 Å². The molecule has 1 amide bonds. The third-order valence-corrected chi connectivity index (χ3v) is 6.42. The van der Waals surface area contributed by atoms with Crippen LogP contribution in [0.1, 0.15) is 10.4 Å². The van der Waals surface area contributed by atoms with Gasteiger partial charge < -0.3 is 14.8 Å². The summed E-state index contributed by atoms with van der Waals surface area (Å²) in [6, 6.07) is 16.2. The number of ether oxygens (including phenoxy) is 2. The number of methoxy groups -OCH3 is 1. The molecule has 0 aliphatic heterocycles. The molecule has 3 aromatic carbocycles. The van der Waals surface area contributed by atoms with Crippen LogP contribution in [0.4, 0.5) is 11.4 Å². The molecule has 2 N–H and O–H groups in total. The van der Waals surface area contributed by atoms with Gasteiger partial charge >= 0.3 is 5.97 Å². The predicted molar refractivity (Wildman–Crippen MR) is 126 cm³/mol. The van der Waals surface area contributed by atoms with E-state index in [4.69, 9.17) is 27.9 Å². The SMILES string of the molecule is COC(=O)c1ccccc1NC(=O)COc1ccc(S(=O)(=O)Nc2ccc(Cl)c(Cl)c2)cc1. The van der Waals surface area contributed by atoms with Crippen LogP contribution in [0.2, 0.25) is 10.0 Å². The standard InChI is InChI=1S/C22H18Cl2N2O6S/c1-31-22(28)17-4-2-3-5-20(17)25-21(27)13-32-15-7-9-16(10-8-15)33(29,30)26-14-6-11-18(23)19(24)12-14/h2-12,26H,13H2,1H3,(H,25,27). The van der Waals surface area contributed by atoms with Crippen molar-refractivity contribution in [3.8, 4) is 5.75 Å². The molecule has 3 aromatic rings. The summed E-state index contributed by atoms with van der Waals surface area (Å²) in [6.45, 7) is -0.358. The fourth-order valence-corrected chi connectivity index (χ4v) is 4.05. The van der Waals surface area contributed by atoms with Gasteiger partial charge in [0.05, 0.1) is 39.0 Å². The molecule has 0 unspecified atom stereocenters. The Kier molecular flexibility index (Phi) is 7.80. The molecule has 0 heterocycles. The van der Waals surface area contributed by atoms with E-state index in [9.17, 15) is 18.0 Å². The monoisotopic (exact) mass is 508 g/mol. The number of esters is 1. The lowest BCUT2D eigenvalue weighted by Gasteiger charge is -2.11. The molecule has 0 aliphatic carbocycles. The summed E-state index contributed by atoms with van der Waals surface area (Å²) < 4.78 is 37.6. The quantitative estimate of drug-likeness (QED) is 0.430. The number of rotatable bonds is 8. The number of carbonyl (C=O) groups excluding carboxylic acids is 2. The van der Waals surface area contributed by atoms with Crippen LogP contribution in [-0.2, 0) is 19.6 Å². The van der Waals surface area contributed by atoms with Crippen LogP contribution in [0.3, 0.4) is 0 Å². The number of sulfonamides is 1. The molecule has 0 saturated heterocycles. The molecular weight excluding hydrogens is 491 g/mol. The van der Waals surface area contributed by atoms with Gasteiger partial charge in [-0.1, -0.05) is 35.3 Å². The summed E-state index contributed by atoms with van der Waals surface area (Å²) in [5.74, 6) is -0.817. The molecule has 0 fully saturated rings. The van der Waals surface area contributed by atoms with Gasteiger partial charge in [-0.2, -0.15) is 0 Å². The fraction of sp³-hybridized carbons (Fsp3) is 0.0909. The van der Waals surface area contributed by atoms with Crippen LogP contribution in [-0.4, -0.2) is 34.0 Å². The summed E-state index contributed by atoms with van der Waals surface area (Å²) in [5, 5.41) is 3.10. The minimum Gasteiger partial charge on any atom is -0.484 e. The van der Waals surface area contributed by atoms with Crippen molar-refractivity contribution in [2.24, 2.45) is 0 Å². The predicted octanol–water partition coefficient (Wildman–Crippen LogP) is 4.60. The van der Waals surface area contributed by atoms with Crippen molar-refractivity contribution in [2.45, 2.75) is 4.90 Å². The Morgan fingerprint density at radius 2 is 1.64 bits per heavy atom. The first-order chi connectivity index (χ1) is 15.7. The Hall–Kier alpha value is -3.27. The Balaban J connectivity index is 1.61. The van der Waals surface area contributed by atoms with Gasteiger partial charge in [-0.05, 0) is 54.6 Å². The molecule has 8 nitrogen and oxygen atoms in total. The number of amides is 1. The third-order valence-electron chi connectivity index (χ3n) is 4.28. The van der Waals surface area contributed by atoms with Crippen LogP contribution < -0.4 is 14.8 Å². The number of benzene rings is 3. The number of anilines is 2. The van der Waals surface area contributed by atoms with Gasteiger partial charge in [0, 0.05) is 0 Å². The van der Waals surface area contributed by atoms with Crippen LogP contribution in [0.5, 0.6) is 5.75 Å². The smallest absolute Gasteiger partial charge is 0.339 e. The first kappa shape index (κ1) is 24.4.